The maximum atomic E-state index is 12.2. The Morgan fingerprint density at radius 2 is 2.00 bits per heavy atom. The van der Waals surface area contributed by atoms with Crippen molar-refractivity contribution in [2.24, 2.45) is 0 Å². The summed E-state index contributed by atoms with van der Waals surface area (Å²) in [6.45, 7) is 0. The van der Waals surface area contributed by atoms with E-state index in [4.69, 9.17) is 0 Å². The Hall–Kier alpha value is -2.09. The maximum Gasteiger partial charge on any atom is 0.326 e. The molecule has 0 spiro atoms. The number of hydrogen-bond acceptors (Lipinski definition) is 4. The molecule has 1 aromatic carbocycles. The molecule has 2 atom stereocenters. The van der Waals surface area contributed by atoms with Gasteiger partial charge in [0.15, 0.2) is 9.84 Å². The molecular formula is C15H20N2O5S. The van der Waals surface area contributed by atoms with Gasteiger partial charge in [0.2, 0.25) is 0 Å². The molecule has 0 radical (unpaired) electrons. The molecule has 1 fully saturated rings. The third-order valence-electron chi connectivity index (χ3n) is 3.95. The number of nitrogens with zero attached hydrogens (tertiary/aromatic N) is 1. The molecule has 2 rings (SSSR count). The van der Waals surface area contributed by atoms with Crippen molar-refractivity contribution in [3.05, 3.63) is 35.9 Å². The number of carbonyl (C=O) groups is 2. The van der Waals surface area contributed by atoms with Gasteiger partial charge < -0.3 is 15.3 Å². The van der Waals surface area contributed by atoms with E-state index in [1.807, 2.05) is 6.07 Å². The number of benzene rings is 1. The molecular weight excluding hydrogens is 320 g/mol. The van der Waals surface area contributed by atoms with Crippen LogP contribution in [0, 0.1) is 0 Å². The second-order valence-electron chi connectivity index (χ2n) is 5.70. The molecule has 1 heterocycles. The molecule has 1 aliphatic rings. The van der Waals surface area contributed by atoms with Crippen molar-refractivity contribution in [1.82, 2.24) is 10.2 Å². The fraction of sp³-hybridized carbons (Fsp3) is 0.467. The average Bonchev–Trinajstić information content (AvgIpc) is 2.86. The van der Waals surface area contributed by atoms with Crippen LogP contribution in [0.25, 0.3) is 0 Å². The van der Waals surface area contributed by atoms with Crippen molar-refractivity contribution >= 4 is 21.8 Å². The van der Waals surface area contributed by atoms with E-state index in [0.29, 0.717) is 6.42 Å². The molecule has 2 amide bonds. The maximum absolute atomic E-state index is 12.2. The lowest BCUT2D eigenvalue weighted by molar-refractivity contribution is -0.139. The van der Waals surface area contributed by atoms with Gasteiger partial charge in [-0.3, -0.25) is 0 Å². The summed E-state index contributed by atoms with van der Waals surface area (Å²) >= 11 is 0. The number of sulfone groups is 1. The number of carboxylic acid groups (broad SMARTS) is 1. The first kappa shape index (κ1) is 17.3. The van der Waals surface area contributed by atoms with Gasteiger partial charge in [0.25, 0.3) is 0 Å². The normalized spacial score (nSPS) is 20.7. The van der Waals surface area contributed by atoms with E-state index < -0.39 is 33.9 Å². The average molecular weight is 340 g/mol. The minimum Gasteiger partial charge on any atom is -0.480 e. The molecule has 23 heavy (non-hydrogen) atoms. The first-order valence-electron chi connectivity index (χ1n) is 7.29. The second-order valence-corrected chi connectivity index (χ2v) is 7.93. The summed E-state index contributed by atoms with van der Waals surface area (Å²) < 4.78 is 23.0. The lowest BCUT2D eigenvalue weighted by Gasteiger charge is -2.25. The molecule has 1 saturated heterocycles. The van der Waals surface area contributed by atoms with E-state index >= 15 is 0 Å². The van der Waals surface area contributed by atoms with Crippen LogP contribution in [0.1, 0.15) is 12.0 Å². The summed E-state index contributed by atoms with van der Waals surface area (Å²) in [6, 6.07) is 6.94. The number of rotatable bonds is 5. The Bertz CT molecular complexity index is 674. The summed E-state index contributed by atoms with van der Waals surface area (Å²) in [5.74, 6) is -1.15. The minimum absolute atomic E-state index is 0.0572. The van der Waals surface area contributed by atoms with Crippen molar-refractivity contribution in [1.29, 1.82) is 0 Å². The fourth-order valence-electron chi connectivity index (χ4n) is 2.55. The highest BCUT2D eigenvalue weighted by atomic mass is 32.2. The van der Waals surface area contributed by atoms with Gasteiger partial charge >= 0.3 is 12.0 Å². The molecule has 0 saturated carbocycles. The van der Waals surface area contributed by atoms with Crippen LogP contribution in [0.5, 0.6) is 0 Å². The van der Waals surface area contributed by atoms with E-state index in [-0.39, 0.29) is 17.9 Å². The van der Waals surface area contributed by atoms with Gasteiger partial charge in [-0.15, -0.1) is 0 Å². The van der Waals surface area contributed by atoms with Gasteiger partial charge in [-0.25, -0.2) is 18.0 Å². The first-order chi connectivity index (χ1) is 10.8. The predicted octanol–water partition coefficient (Wildman–Crippen LogP) is 0.511. The number of aliphatic carboxylic acids is 1. The molecule has 126 valence electrons. The number of carboxylic acids is 1. The summed E-state index contributed by atoms with van der Waals surface area (Å²) in [6.07, 6.45) is 0.543. The third kappa shape index (κ3) is 4.69. The lowest BCUT2D eigenvalue weighted by atomic mass is 10.1. The Kier molecular flexibility index (Phi) is 5.25. The third-order valence-corrected chi connectivity index (χ3v) is 5.71. The molecule has 0 aliphatic carbocycles. The van der Waals surface area contributed by atoms with Crippen molar-refractivity contribution < 1.29 is 23.1 Å². The largest absolute Gasteiger partial charge is 0.480 e. The Morgan fingerprint density at radius 3 is 2.52 bits per heavy atom. The van der Waals surface area contributed by atoms with Crippen LogP contribution in [0.15, 0.2) is 30.3 Å². The highest BCUT2D eigenvalue weighted by Gasteiger charge is 2.33. The predicted molar refractivity (Wildman–Crippen MR) is 84.9 cm³/mol. The molecule has 0 bridgehead atoms. The van der Waals surface area contributed by atoms with Crippen LogP contribution in [0.4, 0.5) is 4.79 Å². The van der Waals surface area contributed by atoms with E-state index in [9.17, 15) is 23.1 Å². The van der Waals surface area contributed by atoms with Crippen LogP contribution in [0.2, 0.25) is 0 Å². The molecule has 1 aromatic rings. The van der Waals surface area contributed by atoms with E-state index in [0.717, 1.165) is 5.56 Å². The second kappa shape index (κ2) is 6.99. The smallest absolute Gasteiger partial charge is 0.326 e. The number of amides is 2. The molecule has 1 unspecified atom stereocenters. The quantitative estimate of drug-likeness (QED) is 0.813. The Morgan fingerprint density at radius 1 is 1.35 bits per heavy atom. The van der Waals surface area contributed by atoms with Crippen LogP contribution in [-0.2, 0) is 21.1 Å². The van der Waals surface area contributed by atoms with Crippen LogP contribution >= 0.6 is 0 Å². The van der Waals surface area contributed by atoms with Crippen molar-refractivity contribution in [3.8, 4) is 0 Å². The van der Waals surface area contributed by atoms with Crippen molar-refractivity contribution in [3.63, 3.8) is 0 Å². The van der Waals surface area contributed by atoms with E-state index in [2.05, 4.69) is 5.32 Å². The van der Waals surface area contributed by atoms with Crippen LogP contribution in [-0.4, -0.2) is 61.1 Å². The Labute approximate surface area is 135 Å². The van der Waals surface area contributed by atoms with Gasteiger partial charge in [0, 0.05) is 19.5 Å². The number of urea groups is 1. The van der Waals surface area contributed by atoms with Gasteiger partial charge in [-0.05, 0) is 12.0 Å². The van der Waals surface area contributed by atoms with Gasteiger partial charge in [0.1, 0.15) is 6.04 Å². The fourth-order valence-corrected chi connectivity index (χ4v) is 4.32. The zero-order valence-electron chi connectivity index (χ0n) is 12.8. The van der Waals surface area contributed by atoms with Crippen molar-refractivity contribution in [2.75, 3.05) is 18.6 Å². The first-order valence-corrected chi connectivity index (χ1v) is 9.11. The van der Waals surface area contributed by atoms with Gasteiger partial charge in [-0.2, -0.15) is 0 Å². The Balaban J connectivity index is 1.99. The monoisotopic (exact) mass is 340 g/mol. The zero-order valence-corrected chi connectivity index (χ0v) is 13.6. The molecule has 7 nitrogen and oxygen atoms in total. The topological polar surface area (TPSA) is 104 Å². The standard InChI is InChI=1S/C15H20N2O5S/c1-17(12-7-8-23(21,22)10-12)15(20)16-13(14(18)19)9-11-5-3-2-4-6-11/h2-6,12-13H,7-10H2,1H3,(H,16,20)(H,18,19)/t12?,13-/m1/s1. The highest BCUT2D eigenvalue weighted by molar-refractivity contribution is 7.91. The minimum atomic E-state index is -3.11. The molecule has 8 heteroatoms. The van der Waals surface area contributed by atoms with Crippen LogP contribution < -0.4 is 5.32 Å². The molecule has 1 aliphatic heterocycles. The highest BCUT2D eigenvalue weighted by Crippen LogP contribution is 2.16. The molecule has 0 aromatic heterocycles. The van der Waals surface area contributed by atoms with Crippen molar-refractivity contribution in [2.45, 2.75) is 24.9 Å². The number of hydrogen-bond donors (Lipinski definition) is 2. The summed E-state index contributed by atoms with van der Waals surface area (Å²) in [4.78, 5) is 24.8. The zero-order chi connectivity index (χ0) is 17.0. The van der Waals surface area contributed by atoms with Gasteiger partial charge in [-0.1, -0.05) is 30.3 Å². The summed E-state index contributed by atoms with van der Waals surface area (Å²) in [5.41, 5.74) is 0.797. The number of nitrogens with one attached hydrogen (secondary N) is 1. The summed E-state index contributed by atoms with van der Waals surface area (Å²) in [7, 11) is -1.62. The van der Waals surface area contributed by atoms with Crippen LogP contribution in [0.3, 0.4) is 0 Å². The molecule has 2 N–H and O–H groups in total. The number of carbonyl (C=O) groups excluding carboxylic acids is 1. The van der Waals surface area contributed by atoms with E-state index in [1.165, 1.54) is 11.9 Å². The van der Waals surface area contributed by atoms with Gasteiger partial charge in [0.05, 0.1) is 11.5 Å². The van der Waals surface area contributed by atoms with E-state index in [1.54, 1.807) is 24.3 Å². The lowest BCUT2D eigenvalue weighted by Crippen LogP contribution is -2.50. The summed E-state index contributed by atoms with van der Waals surface area (Å²) in [5, 5.41) is 11.7. The SMILES string of the molecule is CN(C(=O)N[C@H](Cc1ccccc1)C(=O)O)C1CCS(=O)(=O)C1.